The van der Waals surface area contributed by atoms with Gasteiger partial charge in [-0.1, -0.05) is 27.7 Å². The quantitative estimate of drug-likeness (QED) is 0.801. The highest BCUT2D eigenvalue weighted by molar-refractivity contribution is 5.05. The van der Waals surface area contributed by atoms with Crippen molar-refractivity contribution in [1.29, 1.82) is 0 Å². The van der Waals surface area contributed by atoms with E-state index in [0.717, 1.165) is 38.0 Å². The minimum Gasteiger partial charge on any atom is -0.389 e. The van der Waals surface area contributed by atoms with E-state index in [9.17, 15) is 5.11 Å². The molecule has 0 bridgehead atoms. The number of rotatable bonds is 2. The molecule has 2 heteroatoms. The largest absolute Gasteiger partial charge is 0.389 e. The average molecular weight is 267 g/mol. The Balaban J connectivity index is 2.17. The standard InChI is InChI=1S/C17H33NO/c1-13-5-6-17(19,11-14(13)2)16(12-18)9-7-15(3,4)8-10-16/h13-14,19H,5-12,18H2,1-4H3. The lowest BCUT2D eigenvalue weighted by atomic mass is 9.53. The van der Waals surface area contributed by atoms with E-state index in [2.05, 4.69) is 27.7 Å². The molecule has 0 radical (unpaired) electrons. The molecule has 2 aliphatic rings. The molecule has 0 heterocycles. The van der Waals surface area contributed by atoms with Gasteiger partial charge >= 0.3 is 0 Å². The van der Waals surface area contributed by atoms with Gasteiger partial charge in [0.1, 0.15) is 0 Å². The Bertz CT molecular complexity index is 315. The topological polar surface area (TPSA) is 46.2 Å². The molecule has 0 aromatic heterocycles. The number of nitrogens with two attached hydrogens (primary N) is 1. The summed E-state index contributed by atoms with van der Waals surface area (Å²) in [6.45, 7) is 9.97. The Labute approximate surface area is 119 Å². The molecule has 112 valence electrons. The summed E-state index contributed by atoms with van der Waals surface area (Å²) in [5, 5.41) is 11.3. The second-order valence-electron chi connectivity index (χ2n) is 8.38. The van der Waals surface area contributed by atoms with Crippen LogP contribution in [0.3, 0.4) is 0 Å². The Hall–Kier alpha value is -0.0800. The van der Waals surface area contributed by atoms with E-state index in [1.807, 2.05) is 0 Å². The molecule has 2 aliphatic carbocycles. The zero-order chi connectivity index (χ0) is 14.3. The molecule has 2 rings (SSSR count). The maximum Gasteiger partial charge on any atom is 0.0718 e. The summed E-state index contributed by atoms with van der Waals surface area (Å²) in [5.41, 5.74) is 6.07. The molecule has 2 saturated carbocycles. The minimum absolute atomic E-state index is 0.0169. The van der Waals surface area contributed by atoms with Crippen molar-refractivity contribution in [2.75, 3.05) is 6.54 Å². The highest BCUT2D eigenvalue weighted by Gasteiger charge is 2.53. The zero-order valence-corrected chi connectivity index (χ0v) is 13.3. The molecule has 0 aliphatic heterocycles. The van der Waals surface area contributed by atoms with Crippen molar-refractivity contribution in [2.24, 2.45) is 28.4 Å². The number of hydrogen-bond donors (Lipinski definition) is 2. The molecule has 2 nitrogen and oxygen atoms in total. The van der Waals surface area contributed by atoms with Gasteiger partial charge in [-0.05, 0) is 62.2 Å². The summed E-state index contributed by atoms with van der Waals surface area (Å²) < 4.78 is 0. The van der Waals surface area contributed by atoms with Crippen molar-refractivity contribution in [2.45, 2.75) is 78.2 Å². The van der Waals surface area contributed by atoms with Gasteiger partial charge in [0.05, 0.1) is 5.60 Å². The van der Waals surface area contributed by atoms with E-state index < -0.39 is 5.60 Å². The van der Waals surface area contributed by atoms with Crippen LogP contribution in [0.5, 0.6) is 0 Å². The highest BCUT2D eigenvalue weighted by Crippen LogP contribution is 2.55. The van der Waals surface area contributed by atoms with E-state index in [4.69, 9.17) is 5.73 Å². The van der Waals surface area contributed by atoms with E-state index in [-0.39, 0.29) is 5.41 Å². The molecule has 0 saturated heterocycles. The van der Waals surface area contributed by atoms with Crippen molar-refractivity contribution in [3.63, 3.8) is 0 Å². The van der Waals surface area contributed by atoms with Gasteiger partial charge < -0.3 is 10.8 Å². The third-order valence-electron chi connectivity index (χ3n) is 6.58. The molecule has 3 atom stereocenters. The van der Waals surface area contributed by atoms with Crippen LogP contribution in [0.15, 0.2) is 0 Å². The third-order valence-corrected chi connectivity index (χ3v) is 6.58. The molecular formula is C17H33NO. The Morgan fingerprint density at radius 2 is 1.58 bits per heavy atom. The Morgan fingerprint density at radius 1 is 1.00 bits per heavy atom. The molecule has 3 N–H and O–H groups in total. The number of aliphatic hydroxyl groups is 1. The van der Waals surface area contributed by atoms with Crippen molar-refractivity contribution >= 4 is 0 Å². The normalized spacial score (nSPS) is 42.0. The third kappa shape index (κ3) is 2.71. The van der Waals surface area contributed by atoms with Gasteiger partial charge in [-0.15, -0.1) is 0 Å². The molecule has 0 spiro atoms. The van der Waals surface area contributed by atoms with Crippen LogP contribution in [0, 0.1) is 22.7 Å². The first kappa shape index (κ1) is 15.3. The summed E-state index contributed by atoms with van der Waals surface area (Å²) >= 11 is 0. The van der Waals surface area contributed by atoms with Crippen LogP contribution in [0.2, 0.25) is 0 Å². The molecule has 2 fully saturated rings. The lowest BCUT2D eigenvalue weighted by molar-refractivity contribution is -0.147. The first-order valence-corrected chi connectivity index (χ1v) is 8.16. The van der Waals surface area contributed by atoms with Crippen molar-refractivity contribution in [3.8, 4) is 0 Å². The fourth-order valence-corrected chi connectivity index (χ4v) is 4.33. The van der Waals surface area contributed by atoms with Gasteiger partial charge in [-0.2, -0.15) is 0 Å². The summed E-state index contributed by atoms with van der Waals surface area (Å²) in [4.78, 5) is 0. The second kappa shape index (κ2) is 5.04. The predicted octanol–water partition coefficient (Wildman–Crippen LogP) is 3.72. The molecular weight excluding hydrogens is 234 g/mol. The van der Waals surface area contributed by atoms with E-state index in [1.165, 1.54) is 12.8 Å². The van der Waals surface area contributed by atoms with Gasteiger partial charge in [0.25, 0.3) is 0 Å². The van der Waals surface area contributed by atoms with Gasteiger partial charge in [-0.25, -0.2) is 0 Å². The molecule has 0 amide bonds. The number of hydrogen-bond acceptors (Lipinski definition) is 2. The molecule has 0 aromatic carbocycles. The second-order valence-corrected chi connectivity index (χ2v) is 8.38. The van der Waals surface area contributed by atoms with Crippen molar-refractivity contribution in [1.82, 2.24) is 0 Å². The van der Waals surface area contributed by atoms with Gasteiger partial charge in [0.15, 0.2) is 0 Å². The van der Waals surface area contributed by atoms with E-state index >= 15 is 0 Å². The Morgan fingerprint density at radius 3 is 2.05 bits per heavy atom. The van der Waals surface area contributed by atoms with Crippen LogP contribution in [0.4, 0.5) is 0 Å². The SMILES string of the molecule is CC1CCC(O)(C2(CN)CCC(C)(C)CC2)CC1C. The van der Waals surface area contributed by atoms with Gasteiger partial charge in [-0.3, -0.25) is 0 Å². The lowest BCUT2D eigenvalue weighted by Crippen LogP contribution is -2.57. The minimum atomic E-state index is -0.510. The first-order chi connectivity index (χ1) is 8.74. The average Bonchev–Trinajstić information content (AvgIpc) is 2.35. The van der Waals surface area contributed by atoms with Crippen LogP contribution < -0.4 is 5.73 Å². The maximum atomic E-state index is 11.3. The fraction of sp³-hybridized carbons (Fsp3) is 1.00. The van der Waals surface area contributed by atoms with Crippen LogP contribution >= 0.6 is 0 Å². The van der Waals surface area contributed by atoms with Crippen molar-refractivity contribution in [3.05, 3.63) is 0 Å². The summed E-state index contributed by atoms with van der Waals surface area (Å²) in [6.07, 6.45) is 7.68. The van der Waals surface area contributed by atoms with Gasteiger partial charge in [0, 0.05) is 12.0 Å². The monoisotopic (exact) mass is 267 g/mol. The molecule has 0 aromatic rings. The lowest BCUT2D eigenvalue weighted by Gasteiger charge is -2.55. The summed E-state index contributed by atoms with van der Waals surface area (Å²) in [5.74, 6) is 1.37. The molecule has 3 unspecified atom stereocenters. The summed E-state index contributed by atoms with van der Waals surface area (Å²) in [7, 11) is 0. The van der Waals surface area contributed by atoms with Gasteiger partial charge in [0.2, 0.25) is 0 Å². The van der Waals surface area contributed by atoms with E-state index in [0.29, 0.717) is 17.9 Å². The fourth-order valence-electron chi connectivity index (χ4n) is 4.33. The van der Waals surface area contributed by atoms with Crippen LogP contribution in [0.25, 0.3) is 0 Å². The Kier molecular flexibility index (Phi) is 4.06. The molecule has 19 heavy (non-hydrogen) atoms. The van der Waals surface area contributed by atoms with E-state index in [1.54, 1.807) is 0 Å². The smallest absolute Gasteiger partial charge is 0.0718 e. The zero-order valence-electron chi connectivity index (χ0n) is 13.3. The van der Waals surface area contributed by atoms with Crippen molar-refractivity contribution < 1.29 is 5.11 Å². The van der Waals surface area contributed by atoms with Crippen LogP contribution in [-0.4, -0.2) is 17.3 Å². The first-order valence-electron chi connectivity index (χ1n) is 8.16. The summed E-state index contributed by atoms with van der Waals surface area (Å²) in [6, 6.07) is 0. The predicted molar refractivity (Wildman–Crippen MR) is 80.9 cm³/mol. The van der Waals surface area contributed by atoms with Crippen LogP contribution in [0.1, 0.15) is 72.6 Å². The maximum absolute atomic E-state index is 11.3. The van der Waals surface area contributed by atoms with Crippen LogP contribution in [-0.2, 0) is 0 Å². The highest BCUT2D eigenvalue weighted by atomic mass is 16.3.